The van der Waals surface area contributed by atoms with Crippen LogP contribution < -0.4 is 42.5 Å². The third-order valence-electron chi connectivity index (χ3n) is 9.93. The van der Waals surface area contributed by atoms with E-state index in [4.69, 9.17) is 5.11 Å². The van der Waals surface area contributed by atoms with Gasteiger partial charge in [-0.15, -0.1) is 0 Å². The highest BCUT2D eigenvalue weighted by Gasteiger charge is 2.22. The summed E-state index contributed by atoms with van der Waals surface area (Å²) in [6, 6.07) is 2.91. The molecule has 0 aromatic carbocycles. The number of anilines is 5. The van der Waals surface area contributed by atoms with E-state index in [1.165, 1.54) is 80.0 Å². The summed E-state index contributed by atoms with van der Waals surface area (Å²) in [6.07, 6.45) is 9.84. The van der Waals surface area contributed by atoms with Crippen molar-refractivity contribution in [2.45, 2.75) is 19.3 Å². The lowest BCUT2D eigenvalue weighted by Crippen LogP contribution is -2.29. The Hall–Kier alpha value is -9.37. The van der Waals surface area contributed by atoms with Crippen molar-refractivity contribution in [1.29, 1.82) is 0 Å². The number of aromatic nitrogens is 10. The monoisotopic (exact) mass is 952 g/mol. The molecule has 0 spiro atoms. The van der Waals surface area contributed by atoms with Crippen molar-refractivity contribution in [3.63, 3.8) is 0 Å². The summed E-state index contributed by atoms with van der Waals surface area (Å²) < 4.78 is 8.66. The molecule has 0 saturated carbocycles. The van der Waals surface area contributed by atoms with Gasteiger partial charge in [-0.3, -0.25) is 43.2 Å². The highest BCUT2D eigenvalue weighted by Crippen LogP contribution is 2.17. The second-order valence-electron chi connectivity index (χ2n) is 15.4. The molecule has 28 nitrogen and oxygen atoms in total. The van der Waals surface area contributed by atoms with Crippen molar-refractivity contribution in [2.75, 3.05) is 46.2 Å². The number of hydrogen-bond donors (Lipinski definition) is 9. The van der Waals surface area contributed by atoms with E-state index in [2.05, 4.69) is 62.5 Å². The van der Waals surface area contributed by atoms with Gasteiger partial charge in [0.05, 0.1) is 17.8 Å². The predicted molar refractivity (Wildman–Crippen MR) is 243 cm³/mol. The van der Waals surface area contributed by atoms with E-state index < -0.39 is 53.2 Å². The van der Waals surface area contributed by atoms with Gasteiger partial charge in [0.1, 0.15) is 11.4 Å². The van der Waals surface area contributed by atoms with E-state index in [9.17, 15) is 43.2 Å². The van der Waals surface area contributed by atoms with Crippen molar-refractivity contribution < 1.29 is 48.3 Å². The van der Waals surface area contributed by atoms with Gasteiger partial charge < -0.3 is 75.0 Å². The molecule has 0 saturated heterocycles. The largest absolute Gasteiger partial charge is 0.481 e. The molecule has 0 aliphatic carbocycles. The van der Waals surface area contributed by atoms with Crippen molar-refractivity contribution >= 4 is 82.1 Å². The van der Waals surface area contributed by atoms with E-state index in [1.54, 1.807) is 45.2 Å². The molecule has 6 rings (SSSR count). The number of carbonyl (C=O) groups excluding carboxylic acids is 8. The minimum absolute atomic E-state index is 0.0272. The maximum atomic E-state index is 13.2. The summed E-state index contributed by atoms with van der Waals surface area (Å²) in [5.74, 6) is -5.40. The maximum absolute atomic E-state index is 13.2. The fraction of sp³-hybridized carbons (Fsp3) is 0.293. The molecule has 28 heteroatoms. The molecule has 6 aromatic rings. The molecule has 9 N–H and O–H groups in total. The van der Waals surface area contributed by atoms with Crippen molar-refractivity contribution in [2.24, 2.45) is 42.3 Å². The molecule has 0 radical (unpaired) electrons. The number of nitrogens with zero attached hydrogens (tertiary/aromatic N) is 10. The van der Waals surface area contributed by atoms with Crippen molar-refractivity contribution in [1.82, 2.24) is 63.3 Å². The lowest BCUT2D eigenvalue weighted by atomic mass is 10.3. The van der Waals surface area contributed by atoms with E-state index in [-0.39, 0.29) is 96.7 Å². The van der Waals surface area contributed by atoms with E-state index >= 15 is 0 Å². The SMILES string of the molecule is Cn1cc(NC(=O)c2nccn2C)cc1C(=O)NCCC(=O)Nc1cn(C)c(C(=O)Nc2cc(C(=O)NCCC(=O)Nc3cn(C)c(C(=O)Nc4cn(C)c(C(=O)NCCC(=O)O)n4)n3)n(C)c2)n1. The number of aryl methyl sites for hydroxylation is 6. The van der Waals surface area contributed by atoms with Crippen LogP contribution in [0.15, 0.2) is 55.5 Å². The summed E-state index contributed by atoms with van der Waals surface area (Å²) in [7, 11) is 9.49. The maximum Gasteiger partial charge on any atom is 0.305 e. The zero-order valence-electron chi connectivity index (χ0n) is 38.0. The van der Waals surface area contributed by atoms with Crippen LogP contribution in [-0.4, -0.2) is 125 Å². The first-order valence-corrected chi connectivity index (χ1v) is 20.8. The van der Waals surface area contributed by atoms with E-state index in [0.29, 0.717) is 5.69 Å². The Morgan fingerprint density at radius 3 is 1.28 bits per heavy atom. The lowest BCUT2D eigenvalue weighted by Gasteiger charge is -2.06. The first-order valence-electron chi connectivity index (χ1n) is 20.8. The molecule has 362 valence electrons. The summed E-state index contributed by atoms with van der Waals surface area (Å²) in [4.78, 5) is 129. The number of carboxylic acids is 1. The fourth-order valence-corrected chi connectivity index (χ4v) is 6.59. The molecular formula is C41H48N18O10. The molecule has 0 atom stereocenters. The molecule has 8 amide bonds. The smallest absolute Gasteiger partial charge is 0.305 e. The van der Waals surface area contributed by atoms with E-state index in [1.807, 2.05) is 0 Å². The van der Waals surface area contributed by atoms with Crippen LogP contribution in [0.3, 0.4) is 0 Å². The lowest BCUT2D eigenvalue weighted by molar-refractivity contribution is -0.136. The quantitative estimate of drug-likeness (QED) is 0.0478. The number of rotatable bonds is 20. The summed E-state index contributed by atoms with van der Waals surface area (Å²) in [5.41, 5.74) is 1.04. The van der Waals surface area contributed by atoms with Gasteiger partial charge in [0.2, 0.25) is 29.3 Å². The van der Waals surface area contributed by atoms with Crippen molar-refractivity contribution in [3.8, 4) is 0 Å². The molecule has 6 heterocycles. The van der Waals surface area contributed by atoms with Crippen molar-refractivity contribution in [3.05, 3.63) is 90.2 Å². The van der Waals surface area contributed by atoms with Crippen LogP contribution in [0.2, 0.25) is 0 Å². The van der Waals surface area contributed by atoms with Crippen LogP contribution in [0, 0.1) is 0 Å². The van der Waals surface area contributed by atoms with Crippen LogP contribution in [0.1, 0.15) is 82.7 Å². The van der Waals surface area contributed by atoms with Gasteiger partial charge in [-0.25, -0.2) is 19.9 Å². The molecule has 0 unspecified atom stereocenters. The van der Waals surface area contributed by atoms with Gasteiger partial charge >= 0.3 is 5.97 Å². The second kappa shape index (κ2) is 21.3. The fourth-order valence-electron chi connectivity index (χ4n) is 6.59. The Bertz CT molecular complexity index is 2980. The second-order valence-corrected chi connectivity index (χ2v) is 15.4. The number of imidazole rings is 4. The summed E-state index contributed by atoms with van der Waals surface area (Å²) in [6.45, 7) is -0.220. The number of amides is 8. The average Bonchev–Trinajstić information content (AvgIpc) is 4.14. The zero-order chi connectivity index (χ0) is 50.1. The van der Waals surface area contributed by atoms with Gasteiger partial charge in [-0.1, -0.05) is 0 Å². The third-order valence-corrected chi connectivity index (χ3v) is 9.93. The highest BCUT2D eigenvalue weighted by atomic mass is 16.4. The molecule has 0 fully saturated rings. The topological polar surface area (TPSA) is 351 Å². The van der Waals surface area contributed by atoms with E-state index in [0.717, 1.165) is 0 Å². The van der Waals surface area contributed by atoms with Gasteiger partial charge in [0, 0.05) is 118 Å². The van der Waals surface area contributed by atoms with Crippen LogP contribution >= 0.6 is 0 Å². The molecule has 0 aliphatic rings. The summed E-state index contributed by atoms with van der Waals surface area (Å²) in [5, 5.41) is 29.5. The molecule has 0 aliphatic heterocycles. The minimum Gasteiger partial charge on any atom is -0.481 e. The zero-order valence-corrected chi connectivity index (χ0v) is 38.0. The van der Waals surface area contributed by atoms with Gasteiger partial charge in [-0.2, -0.15) is 0 Å². The molecule has 6 aromatic heterocycles. The Balaban J connectivity index is 0.916. The van der Waals surface area contributed by atoms with Gasteiger partial charge in [-0.05, 0) is 12.1 Å². The van der Waals surface area contributed by atoms with Crippen LogP contribution in [0.25, 0.3) is 0 Å². The number of aliphatic carboxylic acids is 1. The number of carboxylic acid groups (broad SMARTS) is 1. The molecular weight excluding hydrogens is 905 g/mol. The van der Waals surface area contributed by atoms with Gasteiger partial charge in [0.25, 0.3) is 35.4 Å². The van der Waals surface area contributed by atoms with Gasteiger partial charge in [0.15, 0.2) is 23.3 Å². The summed E-state index contributed by atoms with van der Waals surface area (Å²) >= 11 is 0. The Labute approximate surface area is 390 Å². The normalized spacial score (nSPS) is 10.8. The minimum atomic E-state index is -1.08. The number of nitrogens with one attached hydrogen (secondary N) is 8. The molecule has 69 heavy (non-hydrogen) atoms. The highest BCUT2D eigenvalue weighted by molar-refractivity contribution is 6.05. The molecule has 0 bridgehead atoms. The Morgan fingerprint density at radius 2 is 0.841 bits per heavy atom. The van der Waals surface area contributed by atoms with Crippen LogP contribution in [-0.2, 0) is 56.7 Å². The predicted octanol–water partition coefficient (Wildman–Crippen LogP) is -0.224. The number of carbonyl (C=O) groups is 9. The number of hydrogen-bond acceptors (Lipinski definition) is 13. The Morgan fingerprint density at radius 1 is 0.449 bits per heavy atom. The van der Waals surface area contributed by atoms with Crippen LogP contribution in [0.5, 0.6) is 0 Å². The first-order chi connectivity index (χ1) is 32.8. The van der Waals surface area contributed by atoms with Crippen LogP contribution in [0.4, 0.5) is 28.8 Å². The first kappa shape index (κ1) is 49.1. The standard InChI is InChI=1S/C41H48N18O10/c1-54-14-13-42-32(54)39(67)46-22-15-24(55(2)17-22)36(64)43-10-7-29(60)48-26-19-58(5)34(50-26)40(68)47-23-16-25(56(3)18-23)37(65)44-11-8-30(61)49-27-20-59(6)35(51-27)41(69)53-28-21-57(4)33(52-28)38(66)45-12-9-31(62)63/h13-21H,7-12H2,1-6H3,(H,43,64)(H,44,65)(H,45,66)(H,46,67)(H,47,68)(H,48,60)(H,49,61)(H,53,69)(H,62,63). The Kier molecular flexibility index (Phi) is 15.1. The average molecular weight is 953 g/mol. The third kappa shape index (κ3) is 12.5.